The number of nitrogens with zero attached hydrogens (tertiary/aromatic N) is 3. The van der Waals surface area contributed by atoms with Crippen molar-refractivity contribution in [3.05, 3.63) is 292 Å². The van der Waals surface area contributed by atoms with Crippen LogP contribution in [0, 0.1) is 27.7 Å². The summed E-state index contributed by atoms with van der Waals surface area (Å²) in [7, 11) is 0. The molecule has 0 amide bonds. The van der Waals surface area contributed by atoms with Gasteiger partial charge in [-0.05, 0) is 146 Å². The average molecular weight is 988 g/mol. The topological polar surface area (TPSA) is 11.4 Å². The summed E-state index contributed by atoms with van der Waals surface area (Å²) in [5.74, 6) is 0. The summed E-state index contributed by atoms with van der Waals surface area (Å²) >= 11 is 0. The standard InChI is InChI=1S/C73H69N3/c1-50-26-34-58(35-27-50)74(59-36-28-51(2)29-37-59)62-42-44-68-64(48-62)65-49-63(75(60-38-30-52(3)31-39-60)61-40-32-53(4)33-41-61)43-45-69(65)76(68)70-66(72(7,8)55-22-16-12-17-23-55)46-57(71(5,6)54-20-14-11-15-21-54)47-67(70)73(9,10)56-24-18-13-19-25-56/h11-49H,1-10H3. The fraction of sp³-hybridized carbons (Fsp3) is 0.178. The third-order valence-electron chi connectivity index (χ3n) is 16.3. The van der Waals surface area contributed by atoms with Crippen LogP contribution in [0.2, 0.25) is 0 Å². The highest BCUT2D eigenvalue weighted by Gasteiger charge is 2.38. The number of fused-ring (bicyclic) bond motifs is 3. The van der Waals surface area contributed by atoms with Gasteiger partial charge in [-0.15, -0.1) is 0 Å². The van der Waals surface area contributed by atoms with E-state index < -0.39 is 10.8 Å². The van der Waals surface area contributed by atoms with Crippen LogP contribution in [0.3, 0.4) is 0 Å². The van der Waals surface area contributed by atoms with Crippen molar-refractivity contribution < 1.29 is 0 Å². The minimum Gasteiger partial charge on any atom is -0.310 e. The van der Waals surface area contributed by atoms with Crippen molar-refractivity contribution >= 4 is 55.9 Å². The Bertz CT molecular complexity index is 3510. The van der Waals surface area contributed by atoms with Crippen LogP contribution in [-0.4, -0.2) is 4.57 Å². The summed E-state index contributed by atoms with van der Waals surface area (Å²) in [4.78, 5) is 4.81. The number of rotatable bonds is 13. The molecule has 0 atom stereocenters. The molecule has 376 valence electrons. The van der Waals surface area contributed by atoms with E-state index in [9.17, 15) is 0 Å². The van der Waals surface area contributed by atoms with Gasteiger partial charge >= 0.3 is 0 Å². The van der Waals surface area contributed by atoms with Crippen LogP contribution in [0.5, 0.6) is 0 Å². The maximum absolute atomic E-state index is 2.63. The van der Waals surface area contributed by atoms with Gasteiger partial charge in [-0.2, -0.15) is 0 Å². The van der Waals surface area contributed by atoms with Crippen LogP contribution in [-0.2, 0) is 16.2 Å². The highest BCUT2D eigenvalue weighted by Crippen LogP contribution is 2.50. The molecule has 11 rings (SSSR count). The Morgan fingerprint density at radius 3 is 0.855 bits per heavy atom. The second kappa shape index (κ2) is 19.7. The number of aromatic nitrogens is 1. The molecule has 1 aromatic heterocycles. The van der Waals surface area contributed by atoms with Gasteiger partial charge in [0.05, 0.1) is 16.7 Å². The van der Waals surface area contributed by atoms with Gasteiger partial charge in [-0.25, -0.2) is 0 Å². The lowest BCUT2D eigenvalue weighted by Gasteiger charge is -2.38. The van der Waals surface area contributed by atoms with Crippen molar-refractivity contribution in [1.82, 2.24) is 4.57 Å². The third kappa shape index (κ3) is 9.08. The van der Waals surface area contributed by atoms with E-state index >= 15 is 0 Å². The first kappa shape index (κ1) is 49.8. The lowest BCUT2D eigenvalue weighted by Crippen LogP contribution is -2.30. The highest BCUT2D eigenvalue weighted by atomic mass is 15.2. The van der Waals surface area contributed by atoms with E-state index in [0.717, 1.165) is 45.2 Å². The Kier molecular flexibility index (Phi) is 12.9. The fourth-order valence-electron chi connectivity index (χ4n) is 11.4. The summed E-state index contributed by atoms with van der Waals surface area (Å²) < 4.78 is 2.63. The molecule has 0 aliphatic carbocycles. The molecule has 0 unspecified atom stereocenters. The molecule has 0 radical (unpaired) electrons. The third-order valence-corrected chi connectivity index (χ3v) is 16.3. The molecule has 3 nitrogen and oxygen atoms in total. The van der Waals surface area contributed by atoms with E-state index in [4.69, 9.17) is 0 Å². The summed E-state index contributed by atoms with van der Waals surface area (Å²) in [6.45, 7) is 23.1. The van der Waals surface area contributed by atoms with Gasteiger partial charge in [0.1, 0.15) is 0 Å². The summed E-state index contributed by atoms with van der Waals surface area (Å²) in [5, 5.41) is 2.35. The van der Waals surface area contributed by atoms with Crippen LogP contribution in [0.1, 0.15) is 97.2 Å². The van der Waals surface area contributed by atoms with Crippen LogP contribution in [0.15, 0.2) is 237 Å². The SMILES string of the molecule is Cc1ccc(N(c2ccc(C)cc2)c2ccc3c(c2)c2cc(N(c4ccc(C)cc4)c4ccc(C)cc4)ccc2n3-c2c(C(C)(C)c3ccccc3)cc(C(C)(C)c3ccccc3)cc2C(C)(C)c2ccccc2)cc1. The van der Waals surface area contributed by atoms with E-state index in [-0.39, 0.29) is 5.41 Å². The summed E-state index contributed by atoms with van der Waals surface area (Å²) in [5.41, 5.74) is 21.5. The minimum absolute atomic E-state index is 0.321. The molecule has 0 bridgehead atoms. The zero-order valence-electron chi connectivity index (χ0n) is 45.9. The van der Waals surface area contributed by atoms with Gasteiger partial charge in [0, 0.05) is 61.1 Å². The Morgan fingerprint density at radius 1 is 0.276 bits per heavy atom. The van der Waals surface area contributed by atoms with Crippen molar-refractivity contribution in [2.45, 2.75) is 85.5 Å². The molecule has 0 aliphatic heterocycles. The van der Waals surface area contributed by atoms with E-state index in [2.05, 4.69) is 320 Å². The predicted octanol–water partition coefficient (Wildman–Crippen LogP) is 19.9. The first-order chi connectivity index (χ1) is 36.6. The van der Waals surface area contributed by atoms with Gasteiger partial charge in [0.25, 0.3) is 0 Å². The second-order valence-electron chi connectivity index (χ2n) is 22.6. The van der Waals surface area contributed by atoms with Gasteiger partial charge in [-0.3, -0.25) is 0 Å². The Hall–Kier alpha value is -8.40. The predicted molar refractivity (Wildman–Crippen MR) is 325 cm³/mol. The molecule has 0 N–H and O–H groups in total. The lowest BCUT2D eigenvalue weighted by atomic mass is 9.68. The van der Waals surface area contributed by atoms with Crippen LogP contribution in [0.25, 0.3) is 27.5 Å². The molecule has 0 aliphatic rings. The zero-order chi connectivity index (χ0) is 52.9. The van der Waals surface area contributed by atoms with Gasteiger partial charge in [0.2, 0.25) is 0 Å². The maximum Gasteiger partial charge on any atom is 0.0544 e. The van der Waals surface area contributed by atoms with E-state index in [1.54, 1.807) is 0 Å². The molecular weight excluding hydrogens is 919 g/mol. The van der Waals surface area contributed by atoms with E-state index in [0.29, 0.717) is 0 Å². The normalized spacial score (nSPS) is 12.1. The first-order valence-electron chi connectivity index (χ1n) is 26.9. The Balaban J connectivity index is 1.28. The molecule has 0 fully saturated rings. The van der Waals surface area contributed by atoms with E-state index in [1.807, 2.05) is 0 Å². The van der Waals surface area contributed by atoms with Crippen molar-refractivity contribution in [3.63, 3.8) is 0 Å². The summed E-state index contributed by atoms with van der Waals surface area (Å²) in [6, 6.07) is 88.4. The van der Waals surface area contributed by atoms with Crippen LogP contribution >= 0.6 is 0 Å². The maximum atomic E-state index is 2.63. The first-order valence-corrected chi connectivity index (χ1v) is 26.9. The number of hydrogen-bond acceptors (Lipinski definition) is 2. The molecular formula is C73H69N3. The number of hydrogen-bond donors (Lipinski definition) is 0. The van der Waals surface area contributed by atoms with Crippen molar-refractivity contribution in [2.24, 2.45) is 0 Å². The Morgan fingerprint density at radius 2 is 0.553 bits per heavy atom. The molecule has 1 heterocycles. The average Bonchev–Trinajstić information content (AvgIpc) is 3.91. The number of aryl methyl sites for hydroxylation is 4. The quantitative estimate of drug-likeness (QED) is 0.114. The van der Waals surface area contributed by atoms with Crippen LogP contribution < -0.4 is 9.80 Å². The minimum atomic E-state index is -0.439. The monoisotopic (exact) mass is 988 g/mol. The number of benzene rings is 10. The molecule has 11 aromatic rings. The van der Waals surface area contributed by atoms with Gasteiger partial charge in [0.15, 0.2) is 0 Å². The second-order valence-corrected chi connectivity index (χ2v) is 22.6. The molecule has 0 saturated carbocycles. The molecule has 0 spiro atoms. The lowest BCUT2D eigenvalue weighted by molar-refractivity contribution is 0.591. The number of anilines is 6. The van der Waals surface area contributed by atoms with Gasteiger partial charge in [-0.1, -0.05) is 215 Å². The van der Waals surface area contributed by atoms with Crippen molar-refractivity contribution in [3.8, 4) is 5.69 Å². The Labute approximate surface area is 451 Å². The molecule has 76 heavy (non-hydrogen) atoms. The largest absolute Gasteiger partial charge is 0.310 e. The molecule has 10 aromatic carbocycles. The summed E-state index contributed by atoms with van der Waals surface area (Å²) in [6.07, 6.45) is 0. The van der Waals surface area contributed by atoms with E-state index in [1.165, 1.54) is 72.1 Å². The zero-order valence-corrected chi connectivity index (χ0v) is 45.9. The van der Waals surface area contributed by atoms with Gasteiger partial charge < -0.3 is 14.4 Å². The smallest absolute Gasteiger partial charge is 0.0544 e. The highest BCUT2D eigenvalue weighted by molar-refractivity contribution is 6.12. The van der Waals surface area contributed by atoms with Crippen molar-refractivity contribution in [1.29, 1.82) is 0 Å². The van der Waals surface area contributed by atoms with Crippen molar-refractivity contribution in [2.75, 3.05) is 9.80 Å². The fourth-order valence-corrected chi connectivity index (χ4v) is 11.4. The molecule has 0 saturated heterocycles. The van der Waals surface area contributed by atoms with Crippen LogP contribution in [0.4, 0.5) is 34.1 Å². The molecule has 3 heteroatoms.